The molecule has 0 radical (unpaired) electrons. The first-order valence-electron chi connectivity index (χ1n) is 11.4. The Hall–Kier alpha value is -2.64. The fraction of sp³-hybridized carbons (Fsp3) is 0.370. The Kier molecular flexibility index (Phi) is 10.3. The summed E-state index contributed by atoms with van der Waals surface area (Å²) in [4.78, 5) is 30.5. The van der Waals surface area contributed by atoms with E-state index in [1.807, 2.05) is 62.1 Å². The Balaban J connectivity index is 0.000000350. The molecule has 0 bridgehead atoms. The van der Waals surface area contributed by atoms with E-state index in [2.05, 4.69) is 23.2 Å². The molecule has 0 aliphatic carbocycles. The van der Waals surface area contributed by atoms with E-state index in [0.29, 0.717) is 6.54 Å². The van der Waals surface area contributed by atoms with Gasteiger partial charge in [-0.2, -0.15) is 0 Å². The van der Waals surface area contributed by atoms with E-state index in [0.717, 1.165) is 34.1 Å². The molecule has 5 nitrogen and oxygen atoms in total. The standard InChI is InChI=1S/C20H18N2OS.C5H10O2S.C2H6/c1-14-18(24-19(21-14)16-8-3-2-4-9-16)20(23)22-12-11-15-7-5-6-10-17(15)13-22;1-5(2,8-3)4(6)7;1-2/h2-10H,11-13H2,1H3;1-3H3,(H,6,7);1-2H3. The van der Waals surface area contributed by atoms with Crippen LogP contribution in [0.3, 0.4) is 0 Å². The molecule has 1 amide bonds. The topological polar surface area (TPSA) is 70.5 Å². The van der Waals surface area contributed by atoms with Crippen molar-refractivity contribution in [2.75, 3.05) is 12.8 Å². The average molecular weight is 499 g/mol. The minimum Gasteiger partial charge on any atom is -0.480 e. The molecule has 0 saturated carbocycles. The molecule has 1 aliphatic rings. The number of carbonyl (C=O) groups is 2. The van der Waals surface area contributed by atoms with Gasteiger partial charge in [0.25, 0.3) is 5.91 Å². The van der Waals surface area contributed by atoms with Crippen LogP contribution in [0.15, 0.2) is 54.6 Å². The molecule has 0 spiro atoms. The highest BCUT2D eigenvalue weighted by Gasteiger charge is 2.26. The van der Waals surface area contributed by atoms with Crippen molar-refractivity contribution in [1.29, 1.82) is 0 Å². The summed E-state index contributed by atoms with van der Waals surface area (Å²) in [7, 11) is 0. The predicted octanol–water partition coefficient (Wildman–Crippen LogP) is 6.56. The Morgan fingerprint density at radius 3 is 2.18 bits per heavy atom. The van der Waals surface area contributed by atoms with Crippen LogP contribution in [-0.2, 0) is 17.8 Å². The molecule has 2 heterocycles. The highest BCUT2D eigenvalue weighted by atomic mass is 32.2. The van der Waals surface area contributed by atoms with Crippen molar-refractivity contribution in [3.63, 3.8) is 0 Å². The minimum absolute atomic E-state index is 0.0988. The lowest BCUT2D eigenvalue weighted by atomic mass is 10.00. The normalized spacial score (nSPS) is 12.5. The van der Waals surface area contributed by atoms with Gasteiger partial charge in [-0.1, -0.05) is 68.4 Å². The lowest BCUT2D eigenvalue weighted by Gasteiger charge is -2.28. The number of nitrogens with zero attached hydrogens (tertiary/aromatic N) is 2. The molecule has 7 heteroatoms. The maximum absolute atomic E-state index is 13.0. The van der Waals surface area contributed by atoms with Crippen LogP contribution in [0.1, 0.15) is 54.2 Å². The van der Waals surface area contributed by atoms with Crippen LogP contribution < -0.4 is 0 Å². The third-order valence-corrected chi connectivity index (χ3v) is 7.84. The molecule has 0 fully saturated rings. The summed E-state index contributed by atoms with van der Waals surface area (Å²) < 4.78 is -0.625. The number of carboxylic acids is 1. The lowest BCUT2D eigenvalue weighted by Crippen LogP contribution is -2.35. The number of hydrogen-bond donors (Lipinski definition) is 1. The van der Waals surface area contributed by atoms with Gasteiger partial charge in [-0.25, -0.2) is 4.98 Å². The van der Waals surface area contributed by atoms with Gasteiger partial charge in [0.2, 0.25) is 0 Å². The molecule has 1 aliphatic heterocycles. The van der Waals surface area contributed by atoms with E-state index in [4.69, 9.17) is 5.11 Å². The van der Waals surface area contributed by atoms with E-state index in [9.17, 15) is 9.59 Å². The van der Waals surface area contributed by atoms with E-state index in [-0.39, 0.29) is 5.91 Å². The van der Waals surface area contributed by atoms with Gasteiger partial charge in [0, 0.05) is 18.7 Å². The van der Waals surface area contributed by atoms with Crippen LogP contribution in [0.25, 0.3) is 10.6 Å². The number of amides is 1. The second-order valence-corrected chi connectivity index (χ2v) is 10.5. The molecule has 4 rings (SSSR count). The monoisotopic (exact) mass is 498 g/mol. The third kappa shape index (κ3) is 6.93. The first-order valence-corrected chi connectivity index (χ1v) is 13.4. The molecule has 2 aromatic carbocycles. The number of aliphatic carboxylic acids is 1. The smallest absolute Gasteiger partial charge is 0.319 e. The lowest BCUT2D eigenvalue weighted by molar-refractivity contribution is -0.138. The summed E-state index contributed by atoms with van der Waals surface area (Å²) in [6, 6.07) is 18.4. The van der Waals surface area contributed by atoms with Crippen molar-refractivity contribution in [2.45, 2.75) is 52.3 Å². The summed E-state index contributed by atoms with van der Waals surface area (Å²) in [6.45, 7) is 10.7. The van der Waals surface area contributed by atoms with Crippen LogP contribution in [-0.4, -0.2) is 44.4 Å². The molecule has 0 unspecified atom stereocenters. The summed E-state index contributed by atoms with van der Waals surface area (Å²) in [5, 5.41) is 9.33. The fourth-order valence-corrected chi connectivity index (χ4v) is 4.41. The molecule has 0 saturated heterocycles. The summed E-state index contributed by atoms with van der Waals surface area (Å²) in [5.74, 6) is -0.660. The molecule has 182 valence electrons. The molecular formula is C27H34N2O3S2. The second-order valence-electron chi connectivity index (χ2n) is 8.06. The van der Waals surface area contributed by atoms with Gasteiger partial charge in [-0.3, -0.25) is 9.59 Å². The maximum atomic E-state index is 13.0. The third-order valence-electron chi connectivity index (χ3n) is 5.45. The van der Waals surface area contributed by atoms with Crippen molar-refractivity contribution in [1.82, 2.24) is 9.88 Å². The first-order chi connectivity index (χ1) is 16.2. The molecular weight excluding hydrogens is 464 g/mol. The van der Waals surface area contributed by atoms with Crippen molar-refractivity contribution in [3.05, 3.63) is 76.3 Å². The number of thiazole rings is 1. The zero-order valence-corrected chi connectivity index (χ0v) is 22.4. The fourth-order valence-electron chi connectivity index (χ4n) is 3.20. The molecule has 0 atom stereocenters. The Labute approximate surface area is 211 Å². The van der Waals surface area contributed by atoms with E-state index >= 15 is 0 Å². The van der Waals surface area contributed by atoms with Crippen LogP contribution in [0.5, 0.6) is 0 Å². The van der Waals surface area contributed by atoms with Gasteiger partial charge in [0.05, 0.1) is 5.69 Å². The Morgan fingerprint density at radius 1 is 1.03 bits per heavy atom. The van der Waals surface area contributed by atoms with Gasteiger partial charge < -0.3 is 10.0 Å². The van der Waals surface area contributed by atoms with Gasteiger partial charge in [0.1, 0.15) is 14.6 Å². The predicted molar refractivity (Wildman–Crippen MR) is 144 cm³/mol. The Bertz CT molecular complexity index is 1090. The number of aromatic nitrogens is 1. The van der Waals surface area contributed by atoms with Crippen molar-refractivity contribution in [3.8, 4) is 10.6 Å². The quantitative estimate of drug-likeness (QED) is 0.441. The summed E-state index contributed by atoms with van der Waals surface area (Å²) >= 11 is 2.83. The van der Waals surface area contributed by atoms with E-state index < -0.39 is 10.7 Å². The number of carbonyl (C=O) groups excluding carboxylic acids is 1. The zero-order valence-electron chi connectivity index (χ0n) is 20.8. The zero-order chi connectivity index (χ0) is 25.3. The van der Waals surface area contributed by atoms with Crippen LogP contribution in [0, 0.1) is 6.92 Å². The largest absolute Gasteiger partial charge is 0.480 e. The number of carboxylic acid groups (broad SMARTS) is 1. The number of rotatable bonds is 4. The van der Waals surface area contributed by atoms with Gasteiger partial charge in [0.15, 0.2) is 0 Å². The van der Waals surface area contributed by atoms with Gasteiger partial charge >= 0.3 is 5.97 Å². The summed E-state index contributed by atoms with van der Waals surface area (Å²) in [6.07, 6.45) is 2.71. The first kappa shape index (κ1) is 27.6. The number of benzene rings is 2. The molecule has 1 aromatic heterocycles. The minimum atomic E-state index is -0.759. The molecule has 1 N–H and O–H groups in total. The number of thioether (sulfide) groups is 1. The van der Waals surface area contributed by atoms with E-state index in [1.165, 1.54) is 34.2 Å². The molecule has 3 aromatic rings. The number of fused-ring (bicyclic) bond motifs is 1. The van der Waals surface area contributed by atoms with Crippen LogP contribution in [0.2, 0.25) is 0 Å². The number of aryl methyl sites for hydroxylation is 1. The summed E-state index contributed by atoms with van der Waals surface area (Å²) in [5.41, 5.74) is 4.49. The van der Waals surface area contributed by atoms with E-state index in [1.54, 1.807) is 20.1 Å². The highest BCUT2D eigenvalue weighted by Crippen LogP contribution is 2.30. The number of hydrogen-bond acceptors (Lipinski definition) is 5. The van der Waals surface area contributed by atoms with Crippen molar-refractivity contribution >= 4 is 35.0 Å². The SMILES string of the molecule is CC.CSC(C)(C)C(=O)O.Cc1nc(-c2ccccc2)sc1C(=O)N1CCc2ccccc2C1. The van der Waals surface area contributed by atoms with Gasteiger partial charge in [-0.15, -0.1) is 23.1 Å². The van der Waals surface area contributed by atoms with Crippen LogP contribution in [0.4, 0.5) is 0 Å². The van der Waals surface area contributed by atoms with Gasteiger partial charge in [-0.05, 0) is 44.6 Å². The Morgan fingerprint density at radius 2 is 1.62 bits per heavy atom. The van der Waals surface area contributed by atoms with Crippen molar-refractivity contribution in [2.24, 2.45) is 0 Å². The maximum Gasteiger partial charge on any atom is 0.319 e. The highest BCUT2D eigenvalue weighted by molar-refractivity contribution is 8.00. The second kappa shape index (κ2) is 12.7. The average Bonchev–Trinajstić information content (AvgIpc) is 3.27. The molecule has 34 heavy (non-hydrogen) atoms. The van der Waals surface area contributed by atoms with Crippen molar-refractivity contribution < 1.29 is 14.7 Å². The van der Waals surface area contributed by atoms with Crippen LogP contribution >= 0.6 is 23.1 Å².